The second-order valence-corrected chi connectivity index (χ2v) is 8.79. The van der Waals surface area contributed by atoms with Crippen molar-refractivity contribution >= 4 is 17.2 Å². The molecular formula is C17H24N2OS. The number of amides is 1. The summed E-state index contributed by atoms with van der Waals surface area (Å²) in [5.74, 6) is 3.01. The lowest BCUT2D eigenvalue weighted by atomic mass is 9.49. The van der Waals surface area contributed by atoms with Gasteiger partial charge in [-0.05, 0) is 68.6 Å². The molecule has 21 heavy (non-hydrogen) atoms. The van der Waals surface area contributed by atoms with Crippen LogP contribution < -0.4 is 5.32 Å². The lowest BCUT2D eigenvalue weighted by Crippen LogP contribution is -2.51. The summed E-state index contributed by atoms with van der Waals surface area (Å²) in [6.07, 6.45) is 8.90. The van der Waals surface area contributed by atoms with E-state index in [2.05, 4.69) is 10.3 Å². The number of thiazole rings is 1. The Labute approximate surface area is 130 Å². The molecule has 0 saturated heterocycles. The van der Waals surface area contributed by atoms with Crippen LogP contribution in [-0.2, 0) is 11.2 Å². The second-order valence-electron chi connectivity index (χ2n) is 7.73. The molecule has 0 unspecified atom stereocenters. The maximum absolute atomic E-state index is 12.2. The molecule has 4 aliphatic carbocycles. The quantitative estimate of drug-likeness (QED) is 0.927. The first-order valence-corrected chi connectivity index (χ1v) is 9.16. The minimum Gasteiger partial charge on any atom is -0.355 e. The Bertz CT molecular complexity index is 515. The number of hydrogen-bond donors (Lipinski definition) is 1. The van der Waals surface area contributed by atoms with Gasteiger partial charge in [-0.2, -0.15) is 0 Å². The Kier molecular flexibility index (Phi) is 3.32. The third-order valence-corrected chi connectivity index (χ3v) is 6.66. The molecule has 1 aromatic rings. The van der Waals surface area contributed by atoms with Crippen LogP contribution in [-0.4, -0.2) is 17.4 Å². The van der Waals surface area contributed by atoms with E-state index < -0.39 is 0 Å². The van der Waals surface area contributed by atoms with Gasteiger partial charge in [-0.1, -0.05) is 0 Å². The SMILES string of the molecule is Cc1nc(CC(=O)NCC23CC4CC(CC(C4)C2)C3)cs1. The molecule has 0 aliphatic heterocycles. The monoisotopic (exact) mass is 304 g/mol. The first-order valence-electron chi connectivity index (χ1n) is 8.28. The number of carbonyl (C=O) groups excluding carboxylic acids is 1. The summed E-state index contributed by atoms with van der Waals surface area (Å²) >= 11 is 1.62. The molecule has 3 nitrogen and oxygen atoms in total. The maximum atomic E-state index is 12.2. The molecule has 1 aromatic heterocycles. The predicted octanol–water partition coefficient (Wildman–Crippen LogP) is 3.33. The molecule has 0 atom stereocenters. The van der Waals surface area contributed by atoms with Gasteiger partial charge in [0.15, 0.2) is 0 Å². The topological polar surface area (TPSA) is 42.0 Å². The molecule has 4 heteroatoms. The summed E-state index contributed by atoms with van der Waals surface area (Å²) in [4.78, 5) is 16.6. The average Bonchev–Trinajstić information content (AvgIpc) is 2.80. The summed E-state index contributed by atoms with van der Waals surface area (Å²) in [7, 11) is 0. The molecule has 0 spiro atoms. The van der Waals surface area contributed by atoms with Gasteiger partial charge in [0, 0.05) is 11.9 Å². The van der Waals surface area contributed by atoms with Gasteiger partial charge in [-0.15, -0.1) is 11.3 Å². The fourth-order valence-electron chi connectivity index (χ4n) is 5.51. The largest absolute Gasteiger partial charge is 0.355 e. The van der Waals surface area contributed by atoms with Crippen molar-refractivity contribution in [1.29, 1.82) is 0 Å². The van der Waals surface area contributed by atoms with E-state index in [1.807, 2.05) is 12.3 Å². The number of hydrogen-bond acceptors (Lipinski definition) is 3. The molecule has 5 rings (SSSR count). The fourth-order valence-corrected chi connectivity index (χ4v) is 6.12. The highest BCUT2D eigenvalue weighted by Gasteiger charge is 2.50. The summed E-state index contributed by atoms with van der Waals surface area (Å²) in [5, 5.41) is 6.26. The number of aryl methyl sites for hydroxylation is 1. The zero-order chi connectivity index (χ0) is 14.4. The van der Waals surface area contributed by atoms with Gasteiger partial charge in [-0.3, -0.25) is 4.79 Å². The molecule has 4 saturated carbocycles. The Balaban J connectivity index is 1.35. The van der Waals surface area contributed by atoms with Gasteiger partial charge in [0.2, 0.25) is 5.91 Å². The highest BCUT2D eigenvalue weighted by Crippen LogP contribution is 2.59. The number of nitrogens with one attached hydrogen (secondary N) is 1. The predicted molar refractivity (Wildman–Crippen MR) is 84.2 cm³/mol. The fraction of sp³-hybridized carbons (Fsp3) is 0.765. The van der Waals surface area contributed by atoms with Crippen molar-refractivity contribution in [3.05, 3.63) is 16.1 Å². The van der Waals surface area contributed by atoms with Crippen LogP contribution in [0.1, 0.15) is 49.2 Å². The Hall–Kier alpha value is -0.900. The van der Waals surface area contributed by atoms with E-state index in [9.17, 15) is 4.79 Å². The van der Waals surface area contributed by atoms with Crippen LogP contribution in [0.3, 0.4) is 0 Å². The van der Waals surface area contributed by atoms with Crippen LogP contribution in [0.15, 0.2) is 5.38 Å². The van der Waals surface area contributed by atoms with Crippen LogP contribution in [0.4, 0.5) is 0 Å². The first-order chi connectivity index (χ1) is 10.1. The van der Waals surface area contributed by atoms with Gasteiger partial charge in [0.25, 0.3) is 0 Å². The van der Waals surface area contributed by atoms with Gasteiger partial charge >= 0.3 is 0 Å². The molecule has 1 heterocycles. The minimum absolute atomic E-state index is 0.149. The van der Waals surface area contributed by atoms with E-state index >= 15 is 0 Å². The molecule has 0 radical (unpaired) electrons. The standard InChI is InChI=1S/C17H24N2OS/c1-11-19-15(9-21-11)5-16(20)18-10-17-6-12-2-13(7-17)4-14(3-12)8-17/h9,12-14H,2-8,10H2,1H3,(H,18,20). The Morgan fingerprint density at radius 1 is 1.29 bits per heavy atom. The number of nitrogens with zero attached hydrogens (tertiary/aromatic N) is 1. The van der Waals surface area contributed by atoms with Crippen LogP contribution in [0, 0.1) is 30.1 Å². The van der Waals surface area contributed by atoms with Crippen molar-refractivity contribution in [1.82, 2.24) is 10.3 Å². The van der Waals surface area contributed by atoms with Crippen molar-refractivity contribution < 1.29 is 4.79 Å². The zero-order valence-corrected chi connectivity index (χ0v) is 13.5. The summed E-state index contributed by atoms with van der Waals surface area (Å²) < 4.78 is 0. The van der Waals surface area contributed by atoms with Gasteiger partial charge in [0.05, 0.1) is 17.1 Å². The average molecular weight is 304 g/mol. The van der Waals surface area contributed by atoms with E-state index in [0.29, 0.717) is 11.8 Å². The maximum Gasteiger partial charge on any atom is 0.226 e. The smallest absolute Gasteiger partial charge is 0.226 e. The molecular weight excluding hydrogens is 280 g/mol. The van der Waals surface area contributed by atoms with E-state index in [1.54, 1.807) is 11.3 Å². The molecule has 1 N–H and O–H groups in total. The summed E-state index contributed by atoms with van der Waals surface area (Å²) in [5.41, 5.74) is 1.35. The highest BCUT2D eigenvalue weighted by molar-refractivity contribution is 7.09. The number of carbonyl (C=O) groups is 1. The molecule has 114 valence electrons. The van der Waals surface area contributed by atoms with Crippen molar-refractivity contribution in [2.45, 2.75) is 51.9 Å². The van der Waals surface area contributed by atoms with E-state index in [1.165, 1.54) is 38.5 Å². The Morgan fingerprint density at radius 3 is 2.43 bits per heavy atom. The van der Waals surface area contributed by atoms with Gasteiger partial charge < -0.3 is 5.32 Å². The van der Waals surface area contributed by atoms with Crippen LogP contribution >= 0.6 is 11.3 Å². The molecule has 4 bridgehead atoms. The zero-order valence-electron chi connectivity index (χ0n) is 12.7. The molecule has 0 aromatic carbocycles. The van der Waals surface area contributed by atoms with E-state index in [0.717, 1.165) is 35.0 Å². The first kappa shape index (κ1) is 13.7. The summed E-state index contributed by atoms with van der Waals surface area (Å²) in [6.45, 7) is 2.89. The number of aromatic nitrogens is 1. The van der Waals surface area contributed by atoms with Crippen molar-refractivity contribution in [3.63, 3.8) is 0 Å². The van der Waals surface area contributed by atoms with Crippen LogP contribution in [0.5, 0.6) is 0 Å². The normalized spacial score (nSPS) is 36.9. The molecule has 4 aliphatic rings. The third kappa shape index (κ3) is 2.75. The Morgan fingerprint density at radius 2 is 1.90 bits per heavy atom. The lowest BCUT2D eigenvalue weighted by Gasteiger charge is -2.56. The second kappa shape index (κ2) is 5.08. The lowest BCUT2D eigenvalue weighted by molar-refractivity contribution is -0.122. The van der Waals surface area contributed by atoms with Crippen molar-refractivity contribution in [2.24, 2.45) is 23.2 Å². The van der Waals surface area contributed by atoms with E-state index in [-0.39, 0.29) is 5.91 Å². The van der Waals surface area contributed by atoms with Crippen LogP contribution in [0.2, 0.25) is 0 Å². The minimum atomic E-state index is 0.149. The third-order valence-electron chi connectivity index (χ3n) is 5.83. The molecule has 1 amide bonds. The van der Waals surface area contributed by atoms with Crippen molar-refractivity contribution in [3.8, 4) is 0 Å². The van der Waals surface area contributed by atoms with Crippen LogP contribution in [0.25, 0.3) is 0 Å². The van der Waals surface area contributed by atoms with Gasteiger partial charge in [-0.25, -0.2) is 4.98 Å². The summed E-state index contributed by atoms with van der Waals surface area (Å²) in [6, 6.07) is 0. The molecule has 4 fully saturated rings. The highest BCUT2D eigenvalue weighted by atomic mass is 32.1. The van der Waals surface area contributed by atoms with E-state index in [4.69, 9.17) is 0 Å². The van der Waals surface area contributed by atoms with Crippen molar-refractivity contribution in [2.75, 3.05) is 6.54 Å². The van der Waals surface area contributed by atoms with Gasteiger partial charge in [0.1, 0.15) is 0 Å². The number of rotatable bonds is 4.